The van der Waals surface area contributed by atoms with Gasteiger partial charge >= 0.3 is 0 Å². The van der Waals surface area contributed by atoms with Gasteiger partial charge in [-0.1, -0.05) is 28.8 Å². The fourth-order valence-electron chi connectivity index (χ4n) is 2.30. The van der Waals surface area contributed by atoms with Gasteiger partial charge in [-0.05, 0) is 36.6 Å². The summed E-state index contributed by atoms with van der Waals surface area (Å²) >= 11 is 3.26. The highest BCUT2D eigenvalue weighted by Gasteiger charge is 2.31. The molecule has 1 N–H and O–H groups in total. The lowest BCUT2D eigenvalue weighted by atomic mass is 9.93. The van der Waals surface area contributed by atoms with Crippen molar-refractivity contribution >= 4 is 15.9 Å². The van der Waals surface area contributed by atoms with Crippen molar-refractivity contribution in [1.29, 1.82) is 0 Å². The highest BCUT2D eigenvalue weighted by atomic mass is 79.9. The topological polar surface area (TPSA) is 20.2 Å². The van der Waals surface area contributed by atoms with Gasteiger partial charge in [-0.2, -0.15) is 0 Å². The smallest absolute Gasteiger partial charge is 0.124 e. The van der Waals surface area contributed by atoms with Gasteiger partial charge in [0.1, 0.15) is 5.82 Å². The Bertz CT molecular complexity index is 338. The molecule has 82 valence electrons. The molecule has 1 fully saturated rings. The molecule has 0 aromatic heterocycles. The van der Waals surface area contributed by atoms with Gasteiger partial charge in [0.25, 0.3) is 0 Å². The van der Waals surface area contributed by atoms with Crippen molar-refractivity contribution in [3.63, 3.8) is 0 Å². The van der Waals surface area contributed by atoms with Gasteiger partial charge in [-0.25, -0.2) is 4.39 Å². The molecule has 1 aromatic rings. The Morgan fingerprint density at radius 1 is 1.27 bits per heavy atom. The maximum Gasteiger partial charge on any atom is 0.124 e. The van der Waals surface area contributed by atoms with E-state index in [-0.39, 0.29) is 5.82 Å². The van der Waals surface area contributed by atoms with Gasteiger partial charge in [0.2, 0.25) is 0 Å². The van der Waals surface area contributed by atoms with Gasteiger partial charge in [-0.15, -0.1) is 0 Å². The van der Waals surface area contributed by atoms with Gasteiger partial charge in [0.15, 0.2) is 0 Å². The molecule has 0 unspecified atom stereocenters. The van der Waals surface area contributed by atoms with Crippen molar-refractivity contribution in [2.24, 2.45) is 0 Å². The van der Waals surface area contributed by atoms with Crippen LogP contribution in [0.1, 0.15) is 31.2 Å². The number of hydrogen-bond acceptors (Lipinski definition) is 1. The number of rotatable bonds is 2. The minimum atomic E-state index is -0.604. The molecule has 0 spiro atoms. The predicted molar refractivity (Wildman–Crippen MR) is 61.2 cm³/mol. The Morgan fingerprint density at radius 2 is 1.93 bits per heavy atom. The summed E-state index contributed by atoms with van der Waals surface area (Å²) in [6.45, 7) is 0. The third kappa shape index (κ3) is 2.79. The molecule has 1 aromatic carbocycles. The van der Waals surface area contributed by atoms with E-state index < -0.39 is 5.60 Å². The minimum Gasteiger partial charge on any atom is -0.390 e. The van der Waals surface area contributed by atoms with Crippen molar-refractivity contribution in [2.45, 2.75) is 37.7 Å². The number of hydrogen-bond donors (Lipinski definition) is 1. The van der Waals surface area contributed by atoms with Gasteiger partial charge in [-0.3, -0.25) is 0 Å². The van der Waals surface area contributed by atoms with Gasteiger partial charge < -0.3 is 5.11 Å². The highest BCUT2D eigenvalue weighted by Crippen LogP contribution is 2.33. The first-order valence-electron chi connectivity index (χ1n) is 5.25. The van der Waals surface area contributed by atoms with E-state index in [1.165, 1.54) is 12.1 Å². The molecule has 0 radical (unpaired) electrons. The maximum absolute atomic E-state index is 13.1. The maximum atomic E-state index is 13.1. The van der Waals surface area contributed by atoms with E-state index in [9.17, 15) is 9.50 Å². The lowest BCUT2D eigenvalue weighted by molar-refractivity contribution is 0.0481. The summed E-state index contributed by atoms with van der Waals surface area (Å²) < 4.78 is 13.9. The summed E-state index contributed by atoms with van der Waals surface area (Å²) in [7, 11) is 0. The number of benzene rings is 1. The van der Waals surface area contributed by atoms with Crippen LogP contribution in [0.3, 0.4) is 0 Å². The lowest BCUT2D eigenvalue weighted by Gasteiger charge is -2.22. The molecular weight excluding hydrogens is 259 g/mol. The van der Waals surface area contributed by atoms with E-state index in [0.717, 1.165) is 35.7 Å². The molecule has 1 aliphatic carbocycles. The average Bonchev–Trinajstić information content (AvgIpc) is 2.49. The zero-order valence-corrected chi connectivity index (χ0v) is 10.1. The molecular formula is C12H14BrFO. The molecule has 0 atom stereocenters. The Balaban J connectivity index is 2.16. The molecule has 0 amide bonds. The van der Waals surface area contributed by atoms with E-state index >= 15 is 0 Å². The normalized spacial score (nSPS) is 19.4. The van der Waals surface area contributed by atoms with Crippen molar-refractivity contribution < 1.29 is 9.50 Å². The highest BCUT2D eigenvalue weighted by molar-refractivity contribution is 9.10. The van der Waals surface area contributed by atoms with Crippen molar-refractivity contribution in [2.75, 3.05) is 0 Å². The summed E-state index contributed by atoms with van der Waals surface area (Å²) in [5.41, 5.74) is 0.263. The molecule has 0 aliphatic heterocycles. The van der Waals surface area contributed by atoms with Crippen molar-refractivity contribution in [3.8, 4) is 0 Å². The third-order valence-corrected chi connectivity index (χ3v) is 3.45. The molecule has 1 saturated carbocycles. The zero-order valence-electron chi connectivity index (χ0n) is 8.47. The third-order valence-electron chi connectivity index (χ3n) is 2.99. The van der Waals surface area contributed by atoms with Crippen molar-refractivity contribution in [3.05, 3.63) is 34.1 Å². The van der Waals surface area contributed by atoms with Crippen LogP contribution in [-0.2, 0) is 6.42 Å². The standard InChI is InChI=1S/C12H14BrFO/c13-10-5-9(6-11(14)7-10)8-12(15)3-1-2-4-12/h5-7,15H,1-4,8H2. The van der Waals surface area contributed by atoms with E-state index in [1.807, 2.05) is 6.07 Å². The fraction of sp³-hybridized carbons (Fsp3) is 0.500. The second kappa shape index (κ2) is 4.22. The second-order valence-electron chi connectivity index (χ2n) is 4.39. The molecule has 0 heterocycles. The second-order valence-corrected chi connectivity index (χ2v) is 5.30. The SMILES string of the molecule is OC1(Cc2cc(F)cc(Br)c2)CCCC1. The van der Waals surface area contributed by atoms with Crippen LogP contribution in [0.4, 0.5) is 4.39 Å². The minimum absolute atomic E-state index is 0.249. The largest absolute Gasteiger partial charge is 0.390 e. The number of halogens is 2. The summed E-state index contributed by atoms with van der Waals surface area (Å²) in [5.74, 6) is -0.249. The molecule has 1 nitrogen and oxygen atoms in total. The van der Waals surface area contributed by atoms with Crippen LogP contribution in [0.25, 0.3) is 0 Å². The van der Waals surface area contributed by atoms with Crippen LogP contribution in [0.5, 0.6) is 0 Å². The first-order valence-corrected chi connectivity index (χ1v) is 6.04. The Hall–Kier alpha value is -0.410. The van der Waals surface area contributed by atoms with Crippen LogP contribution < -0.4 is 0 Å². The van der Waals surface area contributed by atoms with E-state index in [4.69, 9.17) is 0 Å². The average molecular weight is 273 g/mol. The van der Waals surface area contributed by atoms with E-state index in [1.54, 1.807) is 0 Å². The predicted octanol–water partition coefficient (Wildman–Crippen LogP) is 3.44. The van der Waals surface area contributed by atoms with Crippen LogP contribution in [0.2, 0.25) is 0 Å². The molecule has 0 bridgehead atoms. The summed E-state index contributed by atoms with van der Waals surface area (Å²) in [4.78, 5) is 0. The zero-order chi connectivity index (χ0) is 10.9. The Kier molecular flexibility index (Phi) is 3.12. The van der Waals surface area contributed by atoms with Crippen molar-refractivity contribution in [1.82, 2.24) is 0 Å². The van der Waals surface area contributed by atoms with Crippen LogP contribution in [0.15, 0.2) is 22.7 Å². The summed E-state index contributed by atoms with van der Waals surface area (Å²) in [5, 5.41) is 10.2. The van der Waals surface area contributed by atoms with E-state index in [0.29, 0.717) is 6.42 Å². The summed E-state index contributed by atoms with van der Waals surface area (Å²) in [6.07, 6.45) is 4.38. The van der Waals surface area contributed by atoms with Crippen LogP contribution >= 0.6 is 15.9 Å². The molecule has 2 rings (SSSR count). The Morgan fingerprint density at radius 3 is 2.53 bits per heavy atom. The number of aliphatic hydroxyl groups is 1. The molecule has 1 aliphatic rings. The van der Waals surface area contributed by atoms with Gasteiger partial charge in [0.05, 0.1) is 5.60 Å². The Labute approximate surface area is 97.4 Å². The quantitative estimate of drug-likeness (QED) is 0.875. The first kappa shape index (κ1) is 11.1. The molecule has 0 saturated heterocycles. The van der Waals surface area contributed by atoms with E-state index in [2.05, 4.69) is 15.9 Å². The van der Waals surface area contributed by atoms with Crippen LogP contribution in [-0.4, -0.2) is 10.7 Å². The molecule has 3 heteroatoms. The first-order chi connectivity index (χ1) is 7.07. The van der Waals surface area contributed by atoms with Gasteiger partial charge in [0, 0.05) is 10.9 Å². The summed E-state index contributed by atoms with van der Waals surface area (Å²) in [6, 6.07) is 4.81. The monoisotopic (exact) mass is 272 g/mol. The fourth-order valence-corrected chi connectivity index (χ4v) is 2.82. The molecule has 15 heavy (non-hydrogen) atoms. The lowest BCUT2D eigenvalue weighted by Crippen LogP contribution is -2.27. The van der Waals surface area contributed by atoms with Crippen LogP contribution in [0, 0.1) is 5.82 Å².